The summed E-state index contributed by atoms with van der Waals surface area (Å²) in [6.45, 7) is 15.3. The summed E-state index contributed by atoms with van der Waals surface area (Å²) in [5, 5.41) is 8.95. The second-order valence-corrected chi connectivity index (χ2v) is 14.4. The van der Waals surface area contributed by atoms with Crippen LogP contribution in [0.1, 0.15) is 69.4 Å². The van der Waals surface area contributed by atoms with Crippen LogP contribution in [0.4, 0.5) is 0 Å². The Morgan fingerprint density at radius 3 is 1.56 bits per heavy atom. The van der Waals surface area contributed by atoms with E-state index >= 15 is 0 Å². The highest BCUT2D eigenvalue weighted by atomic mass is 16.5. The molecule has 0 spiro atoms. The van der Waals surface area contributed by atoms with Crippen molar-refractivity contribution in [2.45, 2.75) is 59.3 Å². The number of carbonyl (C=O) groups is 1. The maximum absolute atomic E-state index is 10.9. The van der Waals surface area contributed by atoms with Gasteiger partial charge in [-0.15, -0.1) is 0 Å². The Balaban J connectivity index is 1.44. The summed E-state index contributed by atoms with van der Waals surface area (Å²) in [6, 6.07) is 40.5. The van der Waals surface area contributed by atoms with Gasteiger partial charge >= 0.3 is 5.97 Å². The minimum atomic E-state index is -1.01. The molecule has 4 heteroatoms. The lowest BCUT2D eigenvalue weighted by Gasteiger charge is -2.20. The number of benzene rings is 5. The SMILES string of the molecule is Cc1cc(OCC=C(c2ccc(-c3cccc(C(C)(C)C)c3)cc2)c2ccc(-c3cccc(C(C)(C)C)c3)cc2)ccc1OCC(=O)O. The van der Waals surface area contributed by atoms with Gasteiger partial charge in [0.1, 0.15) is 18.1 Å². The monoisotopic (exact) mass is 638 g/mol. The van der Waals surface area contributed by atoms with E-state index < -0.39 is 5.97 Å². The molecule has 246 valence electrons. The van der Waals surface area contributed by atoms with Gasteiger partial charge in [0.2, 0.25) is 0 Å². The zero-order valence-corrected chi connectivity index (χ0v) is 29.1. The van der Waals surface area contributed by atoms with Gasteiger partial charge in [0.25, 0.3) is 0 Å². The second-order valence-electron chi connectivity index (χ2n) is 14.4. The predicted molar refractivity (Wildman–Crippen MR) is 198 cm³/mol. The molecule has 48 heavy (non-hydrogen) atoms. The topological polar surface area (TPSA) is 55.8 Å². The van der Waals surface area contributed by atoms with Crippen LogP contribution in [0, 0.1) is 6.92 Å². The number of rotatable bonds is 10. The molecule has 4 nitrogen and oxygen atoms in total. The van der Waals surface area contributed by atoms with Crippen LogP contribution in [0.3, 0.4) is 0 Å². The first-order valence-electron chi connectivity index (χ1n) is 16.5. The quantitative estimate of drug-likeness (QED) is 0.165. The third-order valence-electron chi connectivity index (χ3n) is 8.55. The summed E-state index contributed by atoms with van der Waals surface area (Å²) in [6.07, 6.45) is 2.12. The molecule has 0 aliphatic heterocycles. The van der Waals surface area contributed by atoms with Crippen LogP contribution in [0.15, 0.2) is 121 Å². The minimum Gasteiger partial charge on any atom is -0.489 e. The lowest BCUT2D eigenvalue weighted by Crippen LogP contribution is -2.10. The molecular weight excluding hydrogens is 592 g/mol. The molecule has 0 fully saturated rings. The average molecular weight is 639 g/mol. The molecule has 1 N–H and O–H groups in total. The molecule has 0 unspecified atom stereocenters. The molecule has 0 amide bonds. The van der Waals surface area contributed by atoms with Crippen molar-refractivity contribution in [3.05, 3.63) is 149 Å². The van der Waals surface area contributed by atoms with Crippen LogP contribution in [-0.4, -0.2) is 24.3 Å². The lowest BCUT2D eigenvalue weighted by atomic mass is 9.85. The number of carboxylic acids is 1. The molecule has 5 aromatic carbocycles. The summed E-state index contributed by atoms with van der Waals surface area (Å²) < 4.78 is 11.5. The van der Waals surface area contributed by atoms with E-state index in [1.807, 2.05) is 13.0 Å². The fourth-order valence-corrected chi connectivity index (χ4v) is 5.65. The molecule has 0 saturated carbocycles. The summed E-state index contributed by atoms with van der Waals surface area (Å²) in [4.78, 5) is 10.9. The van der Waals surface area contributed by atoms with Crippen molar-refractivity contribution in [1.29, 1.82) is 0 Å². The van der Waals surface area contributed by atoms with Crippen molar-refractivity contribution in [3.8, 4) is 33.8 Å². The number of aryl methyl sites for hydroxylation is 1. The maximum Gasteiger partial charge on any atom is 0.341 e. The highest BCUT2D eigenvalue weighted by molar-refractivity contribution is 5.82. The lowest BCUT2D eigenvalue weighted by molar-refractivity contribution is -0.139. The van der Waals surface area contributed by atoms with Crippen LogP contribution in [0.25, 0.3) is 27.8 Å². The van der Waals surface area contributed by atoms with Crippen LogP contribution in [0.2, 0.25) is 0 Å². The molecule has 5 aromatic rings. The molecule has 5 rings (SSSR count). The zero-order valence-electron chi connectivity index (χ0n) is 29.1. The van der Waals surface area contributed by atoms with Crippen molar-refractivity contribution in [3.63, 3.8) is 0 Å². The standard InChI is InChI=1S/C44H46O4/c1-30-26-39(22-23-41(30)48-29-42(45)46)47-25-24-40(33-18-14-31(15-19-33)35-10-8-12-37(27-35)43(2,3)4)34-20-16-32(17-21-34)36-11-9-13-38(28-36)44(5,6)7/h8-24,26-28H,25,29H2,1-7H3,(H,45,46). The highest BCUT2D eigenvalue weighted by Crippen LogP contribution is 2.33. The normalized spacial score (nSPS) is 11.6. The van der Waals surface area contributed by atoms with E-state index in [0.29, 0.717) is 18.1 Å². The van der Waals surface area contributed by atoms with Gasteiger partial charge in [-0.25, -0.2) is 4.79 Å². The van der Waals surface area contributed by atoms with E-state index in [1.165, 1.54) is 33.4 Å². The first kappa shape index (κ1) is 34.3. The van der Waals surface area contributed by atoms with E-state index in [1.54, 1.807) is 12.1 Å². The van der Waals surface area contributed by atoms with Gasteiger partial charge in [0.15, 0.2) is 6.61 Å². The van der Waals surface area contributed by atoms with Gasteiger partial charge in [0, 0.05) is 0 Å². The van der Waals surface area contributed by atoms with Crippen LogP contribution < -0.4 is 9.47 Å². The van der Waals surface area contributed by atoms with Crippen molar-refractivity contribution in [2.24, 2.45) is 0 Å². The summed E-state index contributed by atoms with van der Waals surface area (Å²) in [7, 11) is 0. The molecule has 0 atom stereocenters. The van der Waals surface area contributed by atoms with Gasteiger partial charge < -0.3 is 14.6 Å². The van der Waals surface area contributed by atoms with Gasteiger partial charge in [-0.2, -0.15) is 0 Å². The minimum absolute atomic E-state index is 0.0798. The van der Waals surface area contributed by atoms with Gasteiger partial charge in [-0.05, 0) is 97.7 Å². The first-order valence-corrected chi connectivity index (χ1v) is 16.5. The van der Waals surface area contributed by atoms with Crippen molar-refractivity contribution < 1.29 is 19.4 Å². The second kappa shape index (κ2) is 14.4. The van der Waals surface area contributed by atoms with E-state index in [0.717, 1.165) is 22.3 Å². The first-order chi connectivity index (χ1) is 22.8. The molecule has 0 radical (unpaired) electrons. The number of hydrogen-bond donors (Lipinski definition) is 1. The Bertz CT molecular complexity index is 1800. The fourth-order valence-electron chi connectivity index (χ4n) is 5.65. The van der Waals surface area contributed by atoms with Gasteiger partial charge in [-0.1, -0.05) is 139 Å². The third kappa shape index (κ3) is 8.63. The highest BCUT2D eigenvalue weighted by Gasteiger charge is 2.16. The molecular formula is C44H46O4. The average Bonchev–Trinajstić information content (AvgIpc) is 3.06. The molecule has 0 aromatic heterocycles. The molecule has 0 heterocycles. The molecule has 0 saturated heterocycles. The fraction of sp³-hybridized carbons (Fsp3) is 0.250. The molecule has 0 aliphatic carbocycles. The Morgan fingerprint density at radius 1 is 0.625 bits per heavy atom. The van der Waals surface area contributed by atoms with E-state index in [4.69, 9.17) is 14.6 Å². The van der Waals surface area contributed by atoms with Gasteiger partial charge in [-0.3, -0.25) is 0 Å². The van der Waals surface area contributed by atoms with E-state index in [-0.39, 0.29) is 17.4 Å². The van der Waals surface area contributed by atoms with E-state index in [9.17, 15) is 4.79 Å². The van der Waals surface area contributed by atoms with Crippen molar-refractivity contribution >= 4 is 11.5 Å². The Hall–Kier alpha value is -5.09. The van der Waals surface area contributed by atoms with Crippen molar-refractivity contribution in [1.82, 2.24) is 0 Å². The molecule has 0 aliphatic rings. The maximum atomic E-state index is 10.9. The molecule has 0 bridgehead atoms. The largest absolute Gasteiger partial charge is 0.489 e. The predicted octanol–water partition coefficient (Wildman–Crippen LogP) is 10.9. The van der Waals surface area contributed by atoms with E-state index in [2.05, 4.69) is 145 Å². The number of ether oxygens (including phenoxy) is 2. The Kier molecular flexibility index (Phi) is 10.2. The van der Waals surface area contributed by atoms with Gasteiger partial charge in [0.05, 0.1) is 0 Å². The number of hydrogen-bond acceptors (Lipinski definition) is 3. The summed E-state index contributed by atoms with van der Waals surface area (Å²) >= 11 is 0. The van der Waals surface area contributed by atoms with Crippen LogP contribution >= 0.6 is 0 Å². The zero-order chi connectivity index (χ0) is 34.5. The number of carboxylic acid groups (broad SMARTS) is 1. The Labute approximate surface area is 285 Å². The summed E-state index contributed by atoms with van der Waals surface area (Å²) in [5.41, 5.74) is 11.6. The smallest absolute Gasteiger partial charge is 0.341 e. The van der Waals surface area contributed by atoms with Crippen LogP contribution in [-0.2, 0) is 15.6 Å². The third-order valence-corrected chi connectivity index (χ3v) is 8.55. The Morgan fingerprint density at radius 2 is 1.12 bits per heavy atom. The van der Waals surface area contributed by atoms with Crippen LogP contribution in [0.5, 0.6) is 11.5 Å². The summed E-state index contributed by atoms with van der Waals surface area (Å²) in [5.74, 6) is 0.210. The number of aliphatic carboxylic acids is 1. The van der Waals surface area contributed by atoms with Crippen molar-refractivity contribution in [2.75, 3.05) is 13.2 Å².